The molecule has 5 aliphatic rings. The van der Waals surface area contributed by atoms with E-state index in [1.807, 2.05) is 0 Å². The summed E-state index contributed by atoms with van der Waals surface area (Å²) < 4.78 is 0. The Morgan fingerprint density at radius 1 is 0.409 bits per heavy atom. The van der Waals surface area contributed by atoms with Crippen molar-refractivity contribution in [2.45, 2.75) is 120 Å². The van der Waals surface area contributed by atoms with Gasteiger partial charge in [0.2, 0.25) is 0 Å². The third kappa shape index (κ3) is 4.09. The van der Waals surface area contributed by atoms with Crippen LogP contribution in [0.2, 0.25) is 0 Å². The van der Waals surface area contributed by atoms with Gasteiger partial charge in [-0.1, -0.05) is 49.0 Å². The second-order valence-electron chi connectivity index (χ2n) is 10.3. The maximum atomic E-state index is 2.48. The molecule has 0 N–H and O–H groups in total. The summed E-state index contributed by atoms with van der Waals surface area (Å²) in [4.78, 5) is 0. The van der Waals surface area contributed by atoms with Crippen LogP contribution in [0.3, 0.4) is 0 Å². The van der Waals surface area contributed by atoms with Crippen LogP contribution in [0.5, 0.6) is 0 Å². The summed E-state index contributed by atoms with van der Waals surface area (Å²) in [6.45, 7) is 9.92. The van der Waals surface area contributed by atoms with Crippen molar-refractivity contribution >= 4 is 0 Å². The summed E-state index contributed by atoms with van der Waals surface area (Å²) in [6, 6.07) is 0. The molecule has 0 spiro atoms. The monoisotopic (exact) mass is 308 g/mol. The van der Waals surface area contributed by atoms with E-state index in [1.54, 1.807) is 0 Å². The number of hydrogen-bond donors (Lipinski definition) is 0. The minimum absolute atomic E-state index is 0. The van der Waals surface area contributed by atoms with Crippen molar-refractivity contribution in [3.63, 3.8) is 0 Å². The summed E-state index contributed by atoms with van der Waals surface area (Å²) in [5.74, 6) is 0. The van der Waals surface area contributed by atoms with E-state index in [4.69, 9.17) is 0 Å². The van der Waals surface area contributed by atoms with Crippen molar-refractivity contribution in [2.24, 2.45) is 21.7 Å². The first-order valence-corrected chi connectivity index (χ1v) is 9.24. The van der Waals surface area contributed by atoms with Crippen LogP contribution in [0.15, 0.2) is 0 Å². The Kier molecular flexibility index (Phi) is 5.91. The van der Waals surface area contributed by atoms with E-state index in [-0.39, 0.29) is 14.9 Å². The van der Waals surface area contributed by atoms with Crippen molar-refractivity contribution in [1.82, 2.24) is 0 Å². The van der Waals surface area contributed by atoms with E-state index in [0.717, 1.165) is 21.7 Å². The first kappa shape index (κ1) is 20.0. The van der Waals surface area contributed by atoms with Crippen LogP contribution in [0, 0.1) is 21.7 Å². The van der Waals surface area contributed by atoms with Crippen molar-refractivity contribution < 1.29 is 0 Å². The predicted molar refractivity (Wildman–Crippen MR) is 101 cm³/mol. The van der Waals surface area contributed by atoms with Crippen molar-refractivity contribution in [2.75, 3.05) is 0 Å². The Hall–Kier alpha value is 0. The zero-order valence-corrected chi connectivity index (χ0v) is 14.5. The van der Waals surface area contributed by atoms with Gasteiger partial charge in [-0.25, -0.2) is 0 Å². The van der Waals surface area contributed by atoms with Gasteiger partial charge in [0, 0.05) is 0 Å². The quantitative estimate of drug-likeness (QED) is 0.425. The fourth-order valence-electron chi connectivity index (χ4n) is 5.74. The van der Waals surface area contributed by atoms with Gasteiger partial charge in [-0.05, 0) is 92.3 Å². The molecule has 0 amide bonds. The molecule has 4 bridgehead atoms. The third-order valence-electron chi connectivity index (χ3n) is 7.74. The minimum atomic E-state index is 0. The first-order valence-electron chi connectivity index (χ1n) is 9.24. The molecule has 0 aromatic carbocycles. The topological polar surface area (TPSA) is 0 Å². The van der Waals surface area contributed by atoms with E-state index in [9.17, 15) is 0 Å². The lowest BCUT2D eigenvalue weighted by atomic mass is 9.55. The van der Waals surface area contributed by atoms with Crippen molar-refractivity contribution in [1.29, 1.82) is 0 Å². The molecule has 0 nitrogen and oxygen atoms in total. The number of fused-ring (bicyclic) bond motifs is 5. The van der Waals surface area contributed by atoms with Gasteiger partial charge in [0.05, 0.1) is 0 Å². The molecule has 0 aromatic heterocycles. The Labute approximate surface area is 141 Å². The highest BCUT2D eigenvalue weighted by atomic mass is 14.5. The predicted octanol–water partition coefficient (Wildman–Crippen LogP) is 8.01. The third-order valence-corrected chi connectivity index (χ3v) is 7.74. The van der Waals surface area contributed by atoms with Gasteiger partial charge in [0.15, 0.2) is 0 Å². The Bertz CT molecular complexity index is 310. The molecule has 5 fully saturated rings. The summed E-state index contributed by atoms with van der Waals surface area (Å²) >= 11 is 0. The average Bonchev–Trinajstić information content (AvgIpc) is 2.61. The second-order valence-corrected chi connectivity index (χ2v) is 10.3. The standard InChI is InChI=1S/2C10H18.2CH4/c1-9-3-6-10(2,7-4-9)8-5-9;1-9-4-3-5-10(2,8-9)7-6-9;;/h2*3-8H2,1-2H3;2*1H4. The SMILES string of the molecule is C.C.CC12CCC(C)(CC1)CC2.CC12CCCC(C)(CC1)C2. The van der Waals surface area contributed by atoms with Crippen LogP contribution in [-0.4, -0.2) is 0 Å². The lowest BCUT2D eigenvalue weighted by Crippen LogP contribution is -2.37. The molecule has 132 valence electrons. The minimum Gasteiger partial charge on any atom is -0.0776 e. The molecule has 0 aliphatic heterocycles. The smallest absolute Gasteiger partial charge is 0.0320 e. The van der Waals surface area contributed by atoms with E-state index in [0.29, 0.717) is 0 Å². The zero-order valence-electron chi connectivity index (χ0n) is 14.5. The van der Waals surface area contributed by atoms with Crippen LogP contribution in [0.25, 0.3) is 0 Å². The van der Waals surface area contributed by atoms with E-state index < -0.39 is 0 Å². The molecule has 5 saturated carbocycles. The zero-order chi connectivity index (χ0) is 14.5. The van der Waals surface area contributed by atoms with E-state index in [1.165, 1.54) is 77.0 Å². The van der Waals surface area contributed by atoms with Gasteiger partial charge in [0.1, 0.15) is 0 Å². The molecule has 5 aliphatic carbocycles. The molecular weight excluding hydrogens is 264 g/mol. The highest BCUT2D eigenvalue weighted by molar-refractivity contribution is 4.97. The second kappa shape index (κ2) is 6.48. The molecule has 0 saturated heterocycles. The highest BCUT2D eigenvalue weighted by Crippen LogP contribution is 2.58. The van der Waals surface area contributed by atoms with Crippen LogP contribution in [0.1, 0.15) is 120 Å². The number of rotatable bonds is 0. The van der Waals surface area contributed by atoms with Gasteiger partial charge in [-0.3, -0.25) is 0 Å². The van der Waals surface area contributed by atoms with E-state index >= 15 is 0 Å². The van der Waals surface area contributed by atoms with Crippen molar-refractivity contribution in [3.8, 4) is 0 Å². The molecule has 0 heterocycles. The van der Waals surface area contributed by atoms with Crippen LogP contribution >= 0.6 is 0 Å². The Morgan fingerprint density at radius 2 is 0.682 bits per heavy atom. The maximum Gasteiger partial charge on any atom is -0.0320 e. The largest absolute Gasteiger partial charge is 0.0776 e. The van der Waals surface area contributed by atoms with Gasteiger partial charge < -0.3 is 0 Å². The molecule has 0 heteroatoms. The average molecular weight is 309 g/mol. The van der Waals surface area contributed by atoms with Gasteiger partial charge in [0.25, 0.3) is 0 Å². The summed E-state index contributed by atoms with van der Waals surface area (Å²) in [5.41, 5.74) is 3.04. The van der Waals surface area contributed by atoms with Crippen LogP contribution in [0.4, 0.5) is 0 Å². The summed E-state index contributed by atoms with van der Waals surface area (Å²) in [7, 11) is 0. The fourth-order valence-corrected chi connectivity index (χ4v) is 5.74. The van der Waals surface area contributed by atoms with Gasteiger partial charge in [-0.15, -0.1) is 0 Å². The van der Waals surface area contributed by atoms with E-state index in [2.05, 4.69) is 27.7 Å². The maximum absolute atomic E-state index is 2.48. The molecule has 22 heavy (non-hydrogen) atoms. The van der Waals surface area contributed by atoms with Crippen molar-refractivity contribution in [3.05, 3.63) is 0 Å². The van der Waals surface area contributed by atoms with Crippen LogP contribution < -0.4 is 0 Å². The lowest BCUT2D eigenvalue weighted by molar-refractivity contribution is 0.0164. The molecule has 5 rings (SSSR count). The summed E-state index contributed by atoms with van der Waals surface area (Å²) in [5, 5.41) is 0. The molecule has 0 aromatic rings. The normalized spacial score (nSPS) is 48.5. The molecule has 2 atom stereocenters. The Balaban J connectivity index is 0.000000202. The molecular formula is C22H44. The molecule has 2 unspecified atom stereocenters. The lowest BCUT2D eigenvalue weighted by Gasteiger charge is -2.50. The number of hydrogen-bond acceptors (Lipinski definition) is 0. The Morgan fingerprint density at radius 3 is 0.955 bits per heavy atom. The molecule has 0 radical (unpaired) electrons. The van der Waals surface area contributed by atoms with Gasteiger partial charge in [-0.2, -0.15) is 0 Å². The van der Waals surface area contributed by atoms with Gasteiger partial charge >= 0.3 is 0 Å². The summed E-state index contributed by atoms with van der Waals surface area (Å²) in [6.07, 6.45) is 18.0. The first-order chi connectivity index (χ1) is 9.24. The fraction of sp³-hybridized carbons (Fsp3) is 1.00. The highest BCUT2D eigenvalue weighted by Gasteiger charge is 2.45. The van der Waals surface area contributed by atoms with Crippen LogP contribution in [-0.2, 0) is 0 Å².